The molecular formula is C23H21FN6O. The number of aromatic nitrogens is 4. The van der Waals surface area contributed by atoms with Gasteiger partial charge in [-0.15, -0.1) is 5.10 Å². The van der Waals surface area contributed by atoms with Gasteiger partial charge < -0.3 is 10.6 Å². The first kappa shape index (κ1) is 19.2. The third kappa shape index (κ3) is 3.72. The summed E-state index contributed by atoms with van der Waals surface area (Å²) < 4.78 is 15.1. The maximum absolute atomic E-state index is 13.3. The number of benzene rings is 2. The van der Waals surface area contributed by atoms with Gasteiger partial charge in [0.05, 0.1) is 23.0 Å². The summed E-state index contributed by atoms with van der Waals surface area (Å²) in [7, 11) is 0. The molecule has 0 bridgehead atoms. The Morgan fingerprint density at radius 2 is 1.87 bits per heavy atom. The lowest BCUT2D eigenvalue weighted by molar-refractivity contribution is 0.0951. The molecule has 2 aromatic carbocycles. The minimum atomic E-state index is -0.305. The Morgan fingerprint density at radius 1 is 1.10 bits per heavy atom. The Balaban J connectivity index is 1.52. The van der Waals surface area contributed by atoms with E-state index in [2.05, 4.69) is 25.9 Å². The predicted molar refractivity (Wildman–Crippen MR) is 116 cm³/mol. The van der Waals surface area contributed by atoms with E-state index in [1.165, 1.54) is 12.1 Å². The van der Waals surface area contributed by atoms with Crippen LogP contribution in [-0.4, -0.2) is 31.9 Å². The largest absolute Gasteiger partial charge is 0.349 e. The molecule has 0 unspecified atom stereocenters. The van der Waals surface area contributed by atoms with E-state index in [1.54, 1.807) is 23.0 Å². The summed E-state index contributed by atoms with van der Waals surface area (Å²) >= 11 is 0. The standard InChI is InChI=1S/C23H21FN6O/c1-13-3-4-15(23(31)26-17-7-8-17)11-20(13)27-22-19-12-25-30(21(19)14(2)28-29-22)18-9-5-16(24)6-10-18/h3-6,9-12,17H,7-8H2,1-2H3,(H,26,31)(H,27,29). The lowest BCUT2D eigenvalue weighted by atomic mass is 10.1. The van der Waals surface area contributed by atoms with Crippen LogP contribution in [0.4, 0.5) is 15.9 Å². The first-order chi connectivity index (χ1) is 15.0. The van der Waals surface area contributed by atoms with Gasteiger partial charge in [0.2, 0.25) is 0 Å². The highest BCUT2D eigenvalue weighted by Crippen LogP contribution is 2.29. The summed E-state index contributed by atoms with van der Waals surface area (Å²) in [5.74, 6) is 0.159. The van der Waals surface area contributed by atoms with Crippen molar-refractivity contribution < 1.29 is 9.18 Å². The van der Waals surface area contributed by atoms with Crippen molar-refractivity contribution in [2.24, 2.45) is 0 Å². The minimum Gasteiger partial charge on any atom is -0.349 e. The molecule has 0 saturated heterocycles. The smallest absolute Gasteiger partial charge is 0.251 e. The average Bonchev–Trinajstić information content (AvgIpc) is 3.46. The van der Waals surface area contributed by atoms with E-state index in [1.807, 2.05) is 32.0 Å². The average molecular weight is 416 g/mol. The number of carbonyl (C=O) groups is 1. The highest BCUT2D eigenvalue weighted by molar-refractivity contribution is 5.97. The molecule has 5 rings (SSSR count). The number of halogens is 1. The molecule has 0 spiro atoms. The molecule has 0 atom stereocenters. The minimum absolute atomic E-state index is 0.0742. The molecule has 1 amide bonds. The van der Waals surface area contributed by atoms with Crippen LogP contribution in [0.5, 0.6) is 0 Å². The summed E-state index contributed by atoms with van der Waals surface area (Å²) in [4.78, 5) is 12.4. The molecule has 2 N–H and O–H groups in total. The van der Waals surface area contributed by atoms with Crippen LogP contribution in [0.25, 0.3) is 16.6 Å². The summed E-state index contributed by atoms with van der Waals surface area (Å²) in [5.41, 5.74) is 4.56. The van der Waals surface area contributed by atoms with Crippen LogP contribution in [0.1, 0.15) is 34.5 Å². The molecule has 156 valence electrons. The van der Waals surface area contributed by atoms with Crippen molar-refractivity contribution in [2.45, 2.75) is 32.7 Å². The van der Waals surface area contributed by atoms with Crippen LogP contribution in [0.2, 0.25) is 0 Å². The van der Waals surface area contributed by atoms with Crippen LogP contribution in [0.15, 0.2) is 48.7 Å². The van der Waals surface area contributed by atoms with Crippen molar-refractivity contribution in [3.8, 4) is 5.69 Å². The topological polar surface area (TPSA) is 84.7 Å². The van der Waals surface area contributed by atoms with Gasteiger partial charge >= 0.3 is 0 Å². The molecule has 0 radical (unpaired) electrons. The lowest BCUT2D eigenvalue weighted by Gasteiger charge is -2.12. The van der Waals surface area contributed by atoms with Crippen LogP contribution in [-0.2, 0) is 0 Å². The number of aryl methyl sites for hydroxylation is 2. The van der Waals surface area contributed by atoms with E-state index in [-0.39, 0.29) is 11.7 Å². The van der Waals surface area contributed by atoms with E-state index in [9.17, 15) is 9.18 Å². The van der Waals surface area contributed by atoms with E-state index in [0.717, 1.165) is 40.7 Å². The molecule has 1 aliphatic carbocycles. The number of hydrogen-bond acceptors (Lipinski definition) is 5. The maximum Gasteiger partial charge on any atom is 0.251 e. The highest BCUT2D eigenvalue weighted by Gasteiger charge is 2.24. The fourth-order valence-corrected chi connectivity index (χ4v) is 3.49. The van der Waals surface area contributed by atoms with Crippen molar-refractivity contribution in [1.29, 1.82) is 0 Å². The van der Waals surface area contributed by atoms with Gasteiger partial charge in [0.25, 0.3) is 5.91 Å². The Labute approximate surface area is 178 Å². The van der Waals surface area contributed by atoms with Crippen LogP contribution >= 0.6 is 0 Å². The monoisotopic (exact) mass is 416 g/mol. The molecule has 1 saturated carbocycles. The Morgan fingerprint density at radius 3 is 2.61 bits per heavy atom. The molecule has 1 aliphatic rings. The fraction of sp³-hybridized carbons (Fsp3) is 0.217. The second kappa shape index (κ2) is 7.46. The van der Waals surface area contributed by atoms with Gasteiger partial charge in [0.1, 0.15) is 11.3 Å². The first-order valence-electron chi connectivity index (χ1n) is 10.1. The maximum atomic E-state index is 13.3. The van der Waals surface area contributed by atoms with Gasteiger partial charge in [-0.1, -0.05) is 6.07 Å². The SMILES string of the molecule is Cc1ccc(C(=O)NC2CC2)cc1Nc1nnc(C)c2c1cnn2-c1ccc(F)cc1. The number of fused-ring (bicyclic) bond motifs is 1. The summed E-state index contributed by atoms with van der Waals surface area (Å²) in [6, 6.07) is 12.0. The van der Waals surface area contributed by atoms with E-state index in [0.29, 0.717) is 23.1 Å². The molecule has 0 aliphatic heterocycles. The van der Waals surface area contributed by atoms with Crippen LogP contribution in [0, 0.1) is 19.7 Å². The lowest BCUT2D eigenvalue weighted by Crippen LogP contribution is -2.25. The Hall–Kier alpha value is -3.81. The number of hydrogen-bond donors (Lipinski definition) is 2. The molecule has 2 heterocycles. The third-order valence-corrected chi connectivity index (χ3v) is 5.40. The second-order valence-electron chi connectivity index (χ2n) is 7.83. The van der Waals surface area contributed by atoms with Gasteiger partial charge in [-0.3, -0.25) is 4.79 Å². The van der Waals surface area contributed by atoms with Crippen molar-refractivity contribution >= 4 is 28.3 Å². The van der Waals surface area contributed by atoms with E-state index < -0.39 is 0 Å². The molecule has 31 heavy (non-hydrogen) atoms. The normalized spacial score (nSPS) is 13.4. The second-order valence-corrected chi connectivity index (χ2v) is 7.83. The molecule has 1 fully saturated rings. The van der Waals surface area contributed by atoms with Gasteiger partial charge in [0.15, 0.2) is 5.82 Å². The van der Waals surface area contributed by atoms with Crippen molar-refractivity contribution in [3.05, 3.63) is 71.3 Å². The number of anilines is 2. The van der Waals surface area contributed by atoms with Crippen molar-refractivity contribution in [1.82, 2.24) is 25.3 Å². The van der Waals surface area contributed by atoms with Crippen molar-refractivity contribution in [2.75, 3.05) is 5.32 Å². The number of nitrogens with one attached hydrogen (secondary N) is 2. The Bertz CT molecular complexity index is 1290. The van der Waals surface area contributed by atoms with Crippen LogP contribution in [0.3, 0.4) is 0 Å². The van der Waals surface area contributed by atoms with E-state index >= 15 is 0 Å². The number of amides is 1. The first-order valence-corrected chi connectivity index (χ1v) is 10.1. The van der Waals surface area contributed by atoms with Gasteiger partial charge in [0, 0.05) is 17.3 Å². The number of carbonyl (C=O) groups excluding carboxylic acids is 1. The molecule has 4 aromatic rings. The zero-order chi connectivity index (χ0) is 21.5. The number of rotatable bonds is 5. The predicted octanol–water partition coefficient (Wildman–Crippen LogP) is 4.21. The van der Waals surface area contributed by atoms with Gasteiger partial charge in [-0.25, -0.2) is 9.07 Å². The quantitative estimate of drug-likeness (QED) is 0.509. The van der Waals surface area contributed by atoms with Crippen molar-refractivity contribution in [3.63, 3.8) is 0 Å². The third-order valence-electron chi connectivity index (χ3n) is 5.40. The number of nitrogens with zero attached hydrogens (tertiary/aromatic N) is 4. The fourth-order valence-electron chi connectivity index (χ4n) is 3.49. The summed E-state index contributed by atoms with van der Waals surface area (Å²) in [6.07, 6.45) is 3.79. The van der Waals surface area contributed by atoms with Gasteiger partial charge in [-0.05, 0) is 68.7 Å². The molecule has 2 aromatic heterocycles. The van der Waals surface area contributed by atoms with Gasteiger partial charge in [-0.2, -0.15) is 10.2 Å². The summed E-state index contributed by atoms with van der Waals surface area (Å²) in [6.45, 7) is 3.82. The molecule has 8 heteroatoms. The van der Waals surface area contributed by atoms with Crippen LogP contribution < -0.4 is 10.6 Å². The highest BCUT2D eigenvalue weighted by atomic mass is 19.1. The zero-order valence-corrected chi connectivity index (χ0v) is 17.2. The van der Waals surface area contributed by atoms with E-state index in [4.69, 9.17) is 0 Å². The summed E-state index contributed by atoms with van der Waals surface area (Å²) in [5, 5.41) is 20.2. The Kier molecular flexibility index (Phi) is 4.62. The zero-order valence-electron chi connectivity index (χ0n) is 17.2. The molecule has 7 nitrogen and oxygen atoms in total. The molecular weight excluding hydrogens is 395 g/mol.